The van der Waals surface area contributed by atoms with Gasteiger partial charge in [0.1, 0.15) is 0 Å². The molecule has 1 amide bonds. The van der Waals surface area contributed by atoms with Crippen LogP contribution in [0, 0.1) is 5.92 Å². The second-order valence-corrected chi connectivity index (χ2v) is 4.85. The number of likely N-dealkylation sites (N-methyl/N-ethyl adjacent to an activating group) is 1. The molecule has 2 rings (SSSR count). The topological polar surface area (TPSA) is 50.4 Å². The van der Waals surface area contributed by atoms with Crippen LogP contribution in [0.2, 0.25) is 0 Å². The van der Waals surface area contributed by atoms with E-state index in [1.54, 1.807) is 0 Å². The number of carbonyl (C=O) groups excluding carboxylic acids is 1. The number of nitrogens with one attached hydrogen (secondary N) is 2. The van der Waals surface area contributed by atoms with Crippen molar-refractivity contribution in [2.24, 2.45) is 5.92 Å². The Balaban J connectivity index is 0.00000200. The van der Waals surface area contributed by atoms with E-state index in [1.807, 2.05) is 37.4 Å². The van der Waals surface area contributed by atoms with Crippen molar-refractivity contribution in [2.75, 3.05) is 26.7 Å². The van der Waals surface area contributed by atoms with Gasteiger partial charge in [-0.25, -0.2) is 0 Å². The number of hydrogen-bond acceptors (Lipinski definition) is 3. The Labute approximate surface area is 126 Å². The average Bonchev–Trinajstić information content (AvgIpc) is 2.48. The highest BCUT2D eigenvalue weighted by molar-refractivity contribution is 5.85. The molecule has 0 saturated carbocycles. The molecule has 2 unspecified atom stereocenters. The first kappa shape index (κ1) is 17.0. The number of ether oxygens (including phenoxy) is 1. The molecule has 20 heavy (non-hydrogen) atoms. The Morgan fingerprint density at radius 3 is 2.75 bits per heavy atom. The lowest BCUT2D eigenvalue weighted by atomic mass is 9.89. The minimum atomic E-state index is -0.107. The SMILES string of the molecule is CNCCNC(=O)C1CCCOC1c1ccccc1.Cl. The largest absolute Gasteiger partial charge is 0.373 e. The summed E-state index contributed by atoms with van der Waals surface area (Å²) in [6.07, 6.45) is 1.74. The fourth-order valence-electron chi connectivity index (χ4n) is 2.46. The molecule has 1 aromatic rings. The van der Waals surface area contributed by atoms with Crippen LogP contribution in [0.15, 0.2) is 30.3 Å². The van der Waals surface area contributed by atoms with Crippen LogP contribution in [0.5, 0.6) is 0 Å². The smallest absolute Gasteiger partial charge is 0.226 e. The van der Waals surface area contributed by atoms with E-state index in [9.17, 15) is 4.79 Å². The van der Waals surface area contributed by atoms with Crippen molar-refractivity contribution in [3.63, 3.8) is 0 Å². The van der Waals surface area contributed by atoms with Crippen LogP contribution in [-0.2, 0) is 9.53 Å². The molecule has 5 heteroatoms. The lowest BCUT2D eigenvalue weighted by Crippen LogP contribution is -2.39. The molecule has 4 nitrogen and oxygen atoms in total. The van der Waals surface area contributed by atoms with Gasteiger partial charge in [0.15, 0.2) is 0 Å². The van der Waals surface area contributed by atoms with Gasteiger partial charge in [0, 0.05) is 19.7 Å². The van der Waals surface area contributed by atoms with E-state index in [1.165, 1.54) is 0 Å². The monoisotopic (exact) mass is 298 g/mol. The molecule has 1 saturated heterocycles. The molecule has 1 aliphatic heterocycles. The van der Waals surface area contributed by atoms with Crippen LogP contribution in [0.3, 0.4) is 0 Å². The second-order valence-electron chi connectivity index (χ2n) is 4.85. The summed E-state index contributed by atoms with van der Waals surface area (Å²) in [7, 11) is 1.88. The predicted octanol–water partition coefficient (Wildman–Crippen LogP) is 1.91. The summed E-state index contributed by atoms with van der Waals surface area (Å²) in [6.45, 7) is 2.18. The second kappa shape index (κ2) is 8.95. The highest BCUT2D eigenvalue weighted by Gasteiger charge is 2.32. The minimum Gasteiger partial charge on any atom is -0.373 e. The molecule has 0 spiro atoms. The summed E-state index contributed by atoms with van der Waals surface area (Å²) in [4.78, 5) is 12.2. The van der Waals surface area contributed by atoms with Crippen LogP contribution in [0.25, 0.3) is 0 Å². The van der Waals surface area contributed by atoms with Crippen molar-refractivity contribution in [1.82, 2.24) is 10.6 Å². The van der Waals surface area contributed by atoms with Crippen molar-refractivity contribution in [3.8, 4) is 0 Å². The first-order valence-electron chi connectivity index (χ1n) is 6.92. The quantitative estimate of drug-likeness (QED) is 0.817. The number of carbonyl (C=O) groups is 1. The highest BCUT2D eigenvalue weighted by Crippen LogP contribution is 2.33. The van der Waals surface area contributed by atoms with Gasteiger partial charge in [-0.2, -0.15) is 0 Å². The van der Waals surface area contributed by atoms with E-state index in [-0.39, 0.29) is 30.3 Å². The van der Waals surface area contributed by atoms with Crippen LogP contribution >= 0.6 is 12.4 Å². The normalized spacial score (nSPS) is 21.9. The standard InChI is InChI=1S/C15H22N2O2.ClH/c1-16-9-10-17-15(18)13-8-5-11-19-14(13)12-6-3-2-4-7-12;/h2-4,6-7,13-14,16H,5,8-11H2,1H3,(H,17,18);1H. The number of benzene rings is 1. The van der Waals surface area contributed by atoms with E-state index in [4.69, 9.17) is 4.74 Å². The number of amides is 1. The molecule has 0 aliphatic carbocycles. The molecule has 1 aromatic carbocycles. The molecule has 1 aliphatic rings. The third kappa shape index (κ3) is 4.47. The first-order valence-corrected chi connectivity index (χ1v) is 6.92. The van der Waals surface area contributed by atoms with Crippen LogP contribution < -0.4 is 10.6 Å². The Morgan fingerprint density at radius 1 is 1.30 bits per heavy atom. The molecule has 2 atom stereocenters. The zero-order valence-corrected chi connectivity index (χ0v) is 12.6. The molecular formula is C15H23ClN2O2. The van der Waals surface area contributed by atoms with Gasteiger partial charge >= 0.3 is 0 Å². The van der Waals surface area contributed by atoms with Crippen molar-refractivity contribution in [3.05, 3.63) is 35.9 Å². The zero-order valence-electron chi connectivity index (χ0n) is 11.8. The van der Waals surface area contributed by atoms with Crippen LogP contribution in [0.1, 0.15) is 24.5 Å². The Hall–Kier alpha value is -1.10. The molecule has 0 aromatic heterocycles. The molecule has 1 fully saturated rings. The predicted molar refractivity (Wildman–Crippen MR) is 82.0 cm³/mol. The summed E-state index contributed by atoms with van der Waals surface area (Å²) in [5, 5.41) is 5.99. The van der Waals surface area contributed by atoms with E-state index >= 15 is 0 Å². The number of halogens is 1. The summed E-state index contributed by atoms with van der Waals surface area (Å²) in [5.41, 5.74) is 1.09. The molecule has 1 heterocycles. The van der Waals surface area contributed by atoms with Gasteiger partial charge in [-0.1, -0.05) is 30.3 Å². The third-order valence-corrected chi connectivity index (χ3v) is 3.46. The van der Waals surface area contributed by atoms with Gasteiger partial charge in [-0.15, -0.1) is 12.4 Å². The van der Waals surface area contributed by atoms with E-state index < -0.39 is 0 Å². The van der Waals surface area contributed by atoms with E-state index in [0.717, 1.165) is 31.6 Å². The van der Waals surface area contributed by atoms with Gasteiger partial charge in [0.25, 0.3) is 0 Å². The first-order chi connectivity index (χ1) is 9.33. The summed E-state index contributed by atoms with van der Waals surface area (Å²) >= 11 is 0. The lowest BCUT2D eigenvalue weighted by molar-refractivity contribution is -0.134. The fraction of sp³-hybridized carbons (Fsp3) is 0.533. The number of rotatable bonds is 5. The maximum atomic E-state index is 12.2. The minimum absolute atomic E-state index is 0. The van der Waals surface area contributed by atoms with Gasteiger partial charge in [-0.3, -0.25) is 4.79 Å². The molecule has 2 N–H and O–H groups in total. The van der Waals surface area contributed by atoms with E-state index in [2.05, 4.69) is 10.6 Å². The average molecular weight is 299 g/mol. The van der Waals surface area contributed by atoms with Crippen molar-refractivity contribution >= 4 is 18.3 Å². The third-order valence-electron chi connectivity index (χ3n) is 3.46. The zero-order chi connectivity index (χ0) is 13.5. The maximum absolute atomic E-state index is 12.2. The van der Waals surface area contributed by atoms with Crippen molar-refractivity contribution in [1.29, 1.82) is 0 Å². The highest BCUT2D eigenvalue weighted by atomic mass is 35.5. The number of hydrogen-bond donors (Lipinski definition) is 2. The molecule has 0 radical (unpaired) electrons. The Morgan fingerprint density at radius 2 is 2.05 bits per heavy atom. The summed E-state index contributed by atoms with van der Waals surface area (Å²) < 4.78 is 5.83. The van der Waals surface area contributed by atoms with E-state index in [0.29, 0.717) is 6.54 Å². The summed E-state index contributed by atoms with van der Waals surface area (Å²) in [5.74, 6) is 0.0248. The maximum Gasteiger partial charge on any atom is 0.226 e. The Kier molecular flexibility index (Phi) is 7.59. The summed E-state index contributed by atoms with van der Waals surface area (Å²) in [6, 6.07) is 10.0. The van der Waals surface area contributed by atoms with Crippen molar-refractivity contribution in [2.45, 2.75) is 18.9 Å². The molecular weight excluding hydrogens is 276 g/mol. The molecule has 0 bridgehead atoms. The van der Waals surface area contributed by atoms with Crippen molar-refractivity contribution < 1.29 is 9.53 Å². The Bertz CT molecular complexity index is 400. The van der Waals surface area contributed by atoms with Gasteiger partial charge in [-0.05, 0) is 25.5 Å². The lowest BCUT2D eigenvalue weighted by Gasteiger charge is -2.31. The van der Waals surface area contributed by atoms with Crippen LogP contribution in [-0.4, -0.2) is 32.7 Å². The van der Waals surface area contributed by atoms with Gasteiger partial charge < -0.3 is 15.4 Å². The van der Waals surface area contributed by atoms with Gasteiger partial charge in [0.05, 0.1) is 12.0 Å². The van der Waals surface area contributed by atoms with Crippen LogP contribution in [0.4, 0.5) is 0 Å². The molecule has 112 valence electrons. The van der Waals surface area contributed by atoms with Gasteiger partial charge in [0.2, 0.25) is 5.91 Å². The fourth-order valence-corrected chi connectivity index (χ4v) is 2.46.